The van der Waals surface area contributed by atoms with E-state index in [4.69, 9.17) is 0 Å². The third kappa shape index (κ3) is 4.08. The molecule has 3 nitrogen and oxygen atoms in total. The minimum atomic E-state index is -2.72. The van der Waals surface area contributed by atoms with Crippen molar-refractivity contribution in [2.45, 2.75) is 6.92 Å². The molecule has 0 aliphatic heterocycles. The molecule has 0 amide bonds. The van der Waals surface area contributed by atoms with Crippen molar-refractivity contribution in [3.63, 3.8) is 0 Å². The zero-order valence-corrected chi connectivity index (χ0v) is 10.3. The zero-order valence-electron chi connectivity index (χ0n) is 7.37. The SMILES string of the molecule is Cc1ccc(N[SH](=O)=O)cc1F.[Na]. The van der Waals surface area contributed by atoms with Gasteiger partial charge in [-0.1, -0.05) is 6.07 Å². The average molecular weight is 212 g/mol. The maximum atomic E-state index is 12.8. The number of anilines is 1. The van der Waals surface area contributed by atoms with E-state index >= 15 is 0 Å². The molecule has 0 aromatic heterocycles. The van der Waals surface area contributed by atoms with Crippen LogP contribution in [0.5, 0.6) is 0 Å². The average Bonchev–Trinajstić information content (AvgIpc) is 1.96. The third-order valence-electron chi connectivity index (χ3n) is 1.39. The Hall–Kier alpha value is -0.100. The number of halogens is 1. The summed E-state index contributed by atoms with van der Waals surface area (Å²) in [5.41, 5.74) is 0.732. The summed E-state index contributed by atoms with van der Waals surface area (Å²) >= 11 is 0. The second-order valence-electron chi connectivity index (χ2n) is 2.33. The van der Waals surface area contributed by atoms with E-state index in [1.54, 1.807) is 6.92 Å². The molecule has 0 saturated carbocycles. The molecule has 0 unspecified atom stereocenters. The molecular formula is C7H8FNNaO2S. The minimum absolute atomic E-state index is 0. The first-order valence-corrected chi connectivity index (χ1v) is 4.44. The number of benzene rings is 1. The first-order valence-electron chi connectivity index (χ1n) is 3.27. The Morgan fingerprint density at radius 1 is 1.38 bits per heavy atom. The summed E-state index contributed by atoms with van der Waals surface area (Å²) in [7, 11) is -2.72. The Labute approximate surface area is 99.7 Å². The molecule has 0 saturated heterocycles. The molecule has 6 heteroatoms. The molecule has 0 atom stereocenters. The van der Waals surface area contributed by atoms with Crippen molar-refractivity contribution in [2.24, 2.45) is 0 Å². The molecule has 13 heavy (non-hydrogen) atoms. The molecule has 0 heterocycles. The van der Waals surface area contributed by atoms with E-state index in [0.717, 1.165) is 6.07 Å². The van der Waals surface area contributed by atoms with Gasteiger partial charge in [0, 0.05) is 29.6 Å². The van der Waals surface area contributed by atoms with Gasteiger partial charge in [-0.15, -0.1) is 0 Å². The van der Waals surface area contributed by atoms with Crippen LogP contribution in [-0.4, -0.2) is 38.0 Å². The summed E-state index contributed by atoms with van der Waals surface area (Å²) in [5.74, 6) is -0.420. The topological polar surface area (TPSA) is 46.2 Å². The van der Waals surface area contributed by atoms with Crippen LogP contribution in [0, 0.1) is 12.7 Å². The molecule has 0 spiro atoms. The van der Waals surface area contributed by atoms with E-state index in [0.29, 0.717) is 5.56 Å². The van der Waals surface area contributed by atoms with Crippen molar-refractivity contribution in [3.05, 3.63) is 29.6 Å². The van der Waals surface area contributed by atoms with Gasteiger partial charge >= 0.3 is 0 Å². The third-order valence-corrected chi connectivity index (χ3v) is 1.83. The Balaban J connectivity index is 0.00000144. The second kappa shape index (κ2) is 5.59. The van der Waals surface area contributed by atoms with Crippen molar-refractivity contribution < 1.29 is 12.8 Å². The quantitative estimate of drug-likeness (QED) is 0.559. The number of rotatable bonds is 2. The van der Waals surface area contributed by atoms with Gasteiger partial charge in [-0.2, -0.15) is 0 Å². The first kappa shape index (κ1) is 12.9. The van der Waals surface area contributed by atoms with Gasteiger partial charge in [0.2, 0.25) is 10.9 Å². The molecular weight excluding hydrogens is 204 g/mol. The normalized spacial score (nSPS) is 9.46. The molecule has 1 radical (unpaired) electrons. The van der Waals surface area contributed by atoms with Crippen molar-refractivity contribution >= 4 is 46.1 Å². The molecule has 1 aromatic carbocycles. The molecule has 0 bridgehead atoms. The van der Waals surface area contributed by atoms with E-state index in [-0.39, 0.29) is 35.2 Å². The number of hydrogen-bond acceptors (Lipinski definition) is 2. The largest absolute Gasteiger partial charge is 0.286 e. The summed E-state index contributed by atoms with van der Waals surface area (Å²) < 4.78 is 35.2. The van der Waals surface area contributed by atoms with Crippen LogP contribution in [-0.2, 0) is 10.9 Å². The predicted octanol–water partition coefficient (Wildman–Crippen LogP) is 0.692. The smallest absolute Gasteiger partial charge is 0.222 e. The van der Waals surface area contributed by atoms with Gasteiger partial charge in [0.05, 0.1) is 5.69 Å². The molecule has 0 aliphatic rings. The Morgan fingerprint density at radius 2 is 2.00 bits per heavy atom. The van der Waals surface area contributed by atoms with Gasteiger partial charge in [-0.05, 0) is 24.6 Å². The van der Waals surface area contributed by atoms with Gasteiger partial charge in [0.25, 0.3) is 0 Å². The summed E-state index contributed by atoms with van der Waals surface area (Å²) in [6, 6.07) is 4.15. The maximum Gasteiger partial charge on any atom is 0.222 e. The van der Waals surface area contributed by atoms with Gasteiger partial charge in [-0.3, -0.25) is 4.72 Å². The Kier molecular flexibility index (Phi) is 5.55. The molecule has 0 fully saturated rings. The predicted molar refractivity (Wildman–Crippen MR) is 50.8 cm³/mol. The van der Waals surface area contributed by atoms with E-state index in [1.807, 2.05) is 0 Å². The van der Waals surface area contributed by atoms with Crippen LogP contribution in [0.15, 0.2) is 18.2 Å². The zero-order chi connectivity index (χ0) is 9.14. The number of aryl methyl sites for hydroxylation is 1. The fraction of sp³-hybridized carbons (Fsp3) is 0.143. The standard InChI is InChI=1S/C7H8FNO2S.Na/c1-5-2-3-6(4-7(5)8)9-12(10)11;/h2-4,12H,1H3,(H,9,10,11);. The number of nitrogens with one attached hydrogen (secondary N) is 1. The van der Waals surface area contributed by atoms with Crippen LogP contribution < -0.4 is 4.72 Å². The van der Waals surface area contributed by atoms with E-state index < -0.39 is 16.7 Å². The van der Waals surface area contributed by atoms with Crippen LogP contribution in [0.25, 0.3) is 0 Å². The number of hydrogen-bond donors (Lipinski definition) is 2. The molecule has 0 aliphatic carbocycles. The van der Waals surface area contributed by atoms with Crippen LogP contribution in [0.1, 0.15) is 5.56 Å². The first-order chi connectivity index (χ1) is 5.59. The van der Waals surface area contributed by atoms with Gasteiger partial charge < -0.3 is 0 Å². The summed E-state index contributed by atoms with van der Waals surface area (Å²) in [5, 5.41) is 0. The summed E-state index contributed by atoms with van der Waals surface area (Å²) in [4.78, 5) is 0. The van der Waals surface area contributed by atoms with Gasteiger partial charge in [0.15, 0.2) is 0 Å². The van der Waals surface area contributed by atoms with Crippen LogP contribution in [0.3, 0.4) is 0 Å². The molecule has 67 valence electrons. The van der Waals surface area contributed by atoms with E-state index in [2.05, 4.69) is 4.72 Å². The monoisotopic (exact) mass is 212 g/mol. The van der Waals surface area contributed by atoms with Gasteiger partial charge in [0.1, 0.15) is 5.82 Å². The second-order valence-corrected chi connectivity index (χ2v) is 3.07. The fourth-order valence-electron chi connectivity index (χ4n) is 0.768. The summed E-state index contributed by atoms with van der Waals surface area (Å²) in [6.07, 6.45) is 0. The maximum absolute atomic E-state index is 12.8. The van der Waals surface area contributed by atoms with E-state index in [9.17, 15) is 12.8 Å². The fourth-order valence-corrected chi connectivity index (χ4v) is 1.12. The van der Waals surface area contributed by atoms with Crippen molar-refractivity contribution in [1.29, 1.82) is 0 Å². The van der Waals surface area contributed by atoms with Gasteiger partial charge in [-0.25, -0.2) is 12.8 Å². The molecule has 1 aromatic rings. The van der Waals surface area contributed by atoms with Crippen molar-refractivity contribution in [3.8, 4) is 0 Å². The minimum Gasteiger partial charge on any atom is -0.286 e. The summed E-state index contributed by atoms with van der Waals surface area (Å²) in [6.45, 7) is 1.61. The Morgan fingerprint density at radius 3 is 2.46 bits per heavy atom. The van der Waals surface area contributed by atoms with Crippen LogP contribution in [0.2, 0.25) is 0 Å². The van der Waals surface area contributed by atoms with Crippen LogP contribution in [0.4, 0.5) is 10.1 Å². The van der Waals surface area contributed by atoms with Crippen molar-refractivity contribution in [1.82, 2.24) is 0 Å². The Bertz CT molecular complexity index is 360. The van der Waals surface area contributed by atoms with E-state index in [1.165, 1.54) is 12.1 Å². The number of thiol groups is 1. The molecule has 1 rings (SSSR count). The van der Waals surface area contributed by atoms with Crippen molar-refractivity contribution in [2.75, 3.05) is 4.72 Å². The molecule has 1 N–H and O–H groups in total. The van der Waals surface area contributed by atoms with Crippen LogP contribution >= 0.6 is 0 Å².